The third kappa shape index (κ3) is 2.55. The minimum atomic E-state index is 0.728. The molecule has 108 valence electrons. The Balaban J connectivity index is 1.71. The third-order valence-electron chi connectivity index (χ3n) is 3.35. The molecule has 22 heavy (non-hydrogen) atoms. The number of nitrogens with zero attached hydrogens (tertiary/aromatic N) is 4. The monoisotopic (exact) mass is 370 g/mol. The van der Waals surface area contributed by atoms with Gasteiger partial charge >= 0.3 is 0 Å². The van der Waals surface area contributed by atoms with Gasteiger partial charge in [0.2, 0.25) is 4.96 Å². The maximum atomic E-state index is 4.66. The lowest BCUT2D eigenvalue weighted by molar-refractivity contribution is 0.854. The molecule has 2 heterocycles. The smallest absolute Gasteiger partial charge is 0.187 e. The highest BCUT2D eigenvalue weighted by Gasteiger charge is 2.13. The van der Waals surface area contributed by atoms with Gasteiger partial charge in [0.05, 0.1) is 0 Å². The van der Waals surface area contributed by atoms with E-state index in [1.165, 1.54) is 5.56 Å². The topological polar surface area (TPSA) is 43.1 Å². The van der Waals surface area contributed by atoms with Crippen LogP contribution >= 0.6 is 27.3 Å². The zero-order valence-corrected chi connectivity index (χ0v) is 13.9. The van der Waals surface area contributed by atoms with Gasteiger partial charge in [-0.3, -0.25) is 0 Å². The third-order valence-corrected chi connectivity index (χ3v) is 4.83. The average molecular weight is 371 g/mol. The Morgan fingerprint density at radius 2 is 1.73 bits per heavy atom. The molecule has 4 aromatic rings. The molecule has 0 saturated carbocycles. The summed E-state index contributed by atoms with van der Waals surface area (Å²) in [5.41, 5.74) is 2.29. The van der Waals surface area contributed by atoms with Crippen LogP contribution in [-0.4, -0.2) is 19.8 Å². The summed E-state index contributed by atoms with van der Waals surface area (Å²) in [4.78, 5) is 0.823. The predicted molar refractivity (Wildman–Crippen MR) is 91.0 cm³/mol. The van der Waals surface area contributed by atoms with E-state index in [0.717, 1.165) is 32.2 Å². The van der Waals surface area contributed by atoms with Crippen molar-refractivity contribution in [3.05, 3.63) is 70.5 Å². The van der Waals surface area contributed by atoms with Gasteiger partial charge in [-0.1, -0.05) is 69.7 Å². The molecular formula is C16H11BrN4S. The Labute approximate surface area is 139 Å². The Morgan fingerprint density at radius 3 is 2.50 bits per heavy atom. The molecule has 0 amide bonds. The Hall–Kier alpha value is -2.05. The van der Waals surface area contributed by atoms with E-state index in [1.807, 2.05) is 47.0 Å². The maximum absolute atomic E-state index is 4.66. The van der Waals surface area contributed by atoms with Crippen molar-refractivity contribution in [1.29, 1.82) is 0 Å². The van der Waals surface area contributed by atoms with Gasteiger partial charge in [0.1, 0.15) is 5.01 Å². The molecule has 0 unspecified atom stereocenters. The summed E-state index contributed by atoms with van der Waals surface area (Å²) in [6.07, 6.45) is 0.728. The van der Waals surface area contributed by atoms with Gasteiger partial charge in [0.25, 0.3) is 0 Å². The molecule has 0 saturated heterocycles. The van der Waals surface area contributed by atoms with Crippen molar-refractivity contribution < 1.29 is 0 Å². The summed E-state index contributed by atoms with van der Waals surface area (Å²) < 4.78 is 2.90. The van der Waals surface area contributed by atoms with Crippen LogP contribution in [0.15, 0.2) is 59.1 Å². The number of rotatable bonds is 3. The molecule has 0 fully saturated rings. The normalized spacial score (nSPS) is 11.1. The first-order chi connectivity index (χ1) is 10.8. The molecule has 4 nitrogen and oxygen atoms in total. The first-order valence-electron chi connectivity index (χ1n) is 6.80. The van der Waals surface area contributed by atoms with Crippen LogP contribution in [0.5, 0.6) is 0 Å². The summed E-state index contributed by atoms with van der Waals surface area (Å²) >= 11 is 5.00. The summed E-state index contributed by atoms with van der Waals surface area (Å²) in [6.45, 7) is 0. The fourth-order valence-electron chi connectivity index (χ4n) is 2.26. The van der Waals surface area contributed by atoms with Crippen molar-refractivity contribution >= 4 is 32.2 Å². The van der Waals surface area contributed by atoms with Crippen LogP contribution in [0, 0.1) is 0 Å². The number of halogens is 1. The zero-order valence-electron chi connectivity index (χ0n) is 11.5. The highest BCUT2D eigenvalue weighted by molar-refractivity contribution is 9.10. The van der Waals surface area contributed by atoms with Crippen molar-refractivity contribution in [3.63, 3.8) is 0 Å². The molecule has 4 rings (SSSR count). The lowest BCUT2D eigenvalue weighted by atomic mass is 10.1. The average Bonchev–Trinajstić information content (AvgIpc) is 3.11. The predicted octanol–water partition coefficient (Wildman–Crippen LogP) is 4.21. The van der Waals surface area contributed by atoms with Crippen LogP contribution in [0.25, 0.3) is 15.5 Å². The summed E-state index contributed by atoms with van der Waals surface area (Å²) in [5, 5.41) is 14.1. The van der Waals surface area contributed by atoms with Gasteiger partial charge in [0.15, 0.2) is 5.82 Å². The van der Waals surface area contributed by atoms with Crippen LogP contribution < -0.4 is 0 Å². The van der Waals surface area contributed by atoms with Crippen molar-refractivity contribution in [3.8, 4) is 10.6 Å². The van der Waals surface area contributed by atoms with Crippen LogP contribution in [0.1, 0.15) is 11.4 Å². The molecule has 0 radical (unpaired) electrons. The van der Waals surface area contributed by atoms with E-state index in [-0.39, 0.29) is 0 Å². The summed E-state index contributed by atoms with van der Waals surface area (Å²) in [5.74, 6) is 0.862. The Morgan fingerprint density at radius 1 is 0.955 bits per heavy atom. The number of fused-ring (bicyclic) bond motifs is 1. The van der Waals surface area contributed by atoms with Gasteiger partial charge in [-0.05, 0) is 17.7 Å². The SMILES string of the molecule is Brc1ccc(-c2nn3c(Cc4ccccc4)nnc3s2)cc1. The quantitative estimate of drug-likeness (QED) is 0.542. The lowest BCUT2D eigenvalue weighted by Crippen LogP contribution is -1.97. The number of benzene rings is 2. The van der Waals surface area contributed by atoms with E-state index in [2.05, 4.69) is 43.4 Å². The summed E-state index contributed by atoms with van der Waals surface area (Å²) in [6, 6.07) is 18.4. The maximum Gasteiger partial charge on any atom is 0.234 e. The number of hydrogen-bond donors (Lipinski definition) is 0. The fraction of sp³-hybridized carbons (Fsp3) is 0.0625. The van der Waals surface area contributed by atoms with Crippen molar-refractivity contribution in [2.75, 3.05) is 0 Å². The van der Waals surface area contributed by atoms with Gasteiger partial charge in [-0.15, -0.1) is 10.2 Å². The lowest BCUT2D eigenvalue weighted by Gasteiger charge is -1.98. The second-order valence-electron chi connectivity index (χ2n) is 4.89. The molecule has 2 aromatic heterocycles. The second-order valence-corrected chi connectivity index (χ2v) is 6.76. The minimum Gasteiger partial charge on any atom is -0.187 e. The van der Waals surface area contributed by atoms with Gasteiger partial charge in [-0.2, -0.15) is 9.61 Å². The molecule has 0 bridgehead atoms. The van der Waals surface area contributed by atoms with Gasteiger partial charge in [0, 0.05) is 16.5 Å². The van der Waals surface area contributed by atoms with Crippen LogP contribution in [-0.2, 0) is 6.42 Å². The summed E-state index contributed by atoms with van der Waals surface area (Å²) in [7, 11) is 0. The Bertz CT molecular complexity index is 912. The number of hydrogen-bond acceptors (Lipinski definition) is 4. The molecule has 6 heteroatoms. The minimum absolute atomic E-state index is 0.728. The van der Waals surface area contributed by atoms with Crippen molar-refractivity contribution in [1.82, 2.24) is 19.8 Å². The van der Waals surface area contributed by atoms with Crippen LogP contribution in [0.3, 0.4) is 0 Å². The first-order valence-corrected chi connectivity index (χ1v) is 8.41. The van der Waals surface area contributed by atoms with E-state index < -0.39 is 0 Å². The molecule has 0 spiro atoms. The van der Waals surface area contributed by atoms with E-state index in [9.17, 15) is 0 Å². The van der Waals surface area contributed by atoms with Crippen LogP contribution in [0.4, 0.5) is 0 Å². The highest BCUT2D eigenvalue weighted by Crippen LogP contribution is 2.27. The zero-order chi connectivity index (χ0) is 14.9. The van der Waals surface area contributed by atoms with Crippen molar-refractivity contribution in [2.24, 2.45) is 0 Å². The first kappa shape index (κ1) is 13.6. The molecular weight excluding hydrogens is 360 g/mol. The van der Waals surface area contributed by atoms with E-state index in [1.54, 1.807) is 11.3 Å². The van der Waals surface area contributed by atoms with Crippen LogP contribution in [0.2, 0.25) is 0 Å². The van der Waals surface area contributed by atoms with Crippen molar-refractivity contribution in [2.45, 2.75) is 6.42 Å². The molecule has 0 N–H and O–H groups in total. The van der Waals surface area contributed by atoms with E-state index >= 15 is 0 Å². The van der Waals surface area contributed by atoms with E-state index in [4.69, 9.17) is 0 Å². The molecule has 0 atom stereocenters. The second kappa shape index (κ2) is 5.62. The molecule has 0 aliphatic carbocycles. The largest absolute Gasteiger partial charge is 0.234 e. The highest BCUT2D eigenvalue weighted by atomic mass is 79.9. The van der Waals surface area contributed by atoms with Gasteiger partial charge in [-0.25, -0.2) is 0 Å². The van der Waals surface area contributed by atoms with E-state index in [0.29, 0.717) is 0 Å². The standard InChI is InChI=1S/C16H11BrN4S/c17-13-8-6-12(7-9-13)15-20-21-14(18-19-16(21)22-15)10-11-4-2-1-3-5-11/h1-9H,10H2. The molecule has 2 aromatic carbocycles. The number of aromatic nitrogens is 4. The Kier molecular flexibility index (Phi) is 3.48. The fourth-order valence-corrected chi connectivity index (χ4v) is 3.38. The molecule has 0 aliphatic heterocycles. The van der Waals surface area contributed by atoms with Gasteiger partial charge < -0.3 is 0 Å². The molecule has 0 aliphatic rings.